The van der Waals surface area contributed by atoms with E-state index in [1.807, 2.05) is 31.2 Å². The fourth-order valence-electron chi connectivity index (χ4n) is 3.41. The van der Waals surface area contributed by atoms with Crippen LogP contribution in [0.25, 0.3) is 5.69 Å². The molecule has 8 heteroatoms. The number of aromatic nitrogens is 3. The molecule has 1 amide bonds. The van der Waals surface area contributed by atoms with E-state index < -0.39 is 12.1 Å². The zero-order chi connectivity index (χ0) is 19.0. The number of carboxylic acids is 1. The molecule has 27 heavy (non-hydrogen) atoms. The van der Waals surface area contributed by atoms with Crippen LogP contribution in [0.15, 0.2) is 24.3 Å². The Balaban J connectivity index is 1.61. The predicted molar refractivity (Wildman–Crippen MR) is 96.0 cm³/mol. The smallest absolute Gasteiger partial charge is 0.306 e. The minimum Gasteiger partial charge on any atom is -0.481 e. The molecule has 1 saturated heterocycles. The lowest BCUT2D eigenvalue weighted by Crippen LogP contribution is -2.46. The second-order valence-corrected chi connectivity index (χ2v) is 7.19. The number of morpholine rings is 1. The molecular formula is C19H22N4O4. The first-order chi connectivity index (χ1) is 13.0. The Bertz CT molecular complexity index is 857. The quantitative estimate of drug-likeness (QED) is 0.861. The minimum absolute atomic E-state index is 0.116. The van der Waals surface area contributed by atoms with E-state index in [1.54, 1.807) is 9.58 Å². The van der Waals surface area contributed by atoms with Gasteiger partial charge in [-0.3, -0.25) is 9.59 Å². The molecule has 2 aliphatic rings. The Morgan fingerprint density at radius 2 is 2.00 bits per heavy atom. The molecule has 2 fully saturated rings. The van der Waals surface area contributed by atoms with Gasteiger partial charge in [-0.1, -0.05) is 22.9 Å². The number of hydrogen-bond acceptors (Lipinski definition) is 5. The van der Waals surface area contributed by atoms with E-state index in [9.17, 15) is 9.59 Å². The largest absolute Gasteiger partial charge is 0.481 e. The van der Waals surface area contributed by atoms with Crippen LogP contribution in [0.1, 0.15) is 46.9 Å². The third-order valence-electron chi connectivity index (χ3n) is 4.98. The van der Waals surface area contributed by atoms with Gasteiger partial charge in [0.1, 0.15) is 0 Å². The fraction of sp³-hybridized carbons (Fsp3) is 0.474. The van der Waals surface area contributed by atoms with Gasteiger partial charge in [0.25, 0.3) is 5.91 Å². The highest BCUT2D eigenvalue weighted by molar-refractivity contribution is 5.94. The number of nitrogens with zero attached hydrogens (tertiary/aromatic N) is 4. The van der Waals surface area contributed by atoms with Gasteiger partial charge in [0.2, 0.25) is 0 Å². The first kappa shape index (κ1) is 17.7. The number of rotatable bonds is 5. The predicted octanol–water partition coefficient (Wildman–Crippen LogP) is 1.77. The van der Waals surface area contributed by atoms with Crippen molar-refractivity contribution in [2.45, 2.75) is 38.2 Å². The lowest BCUT2D eigenvalue weighted by molar-refractivity contribution is -0.141. The molecule has 0 bridgehead atoms. The van der Waals surface area contributed by atoms with E-state index >= 15 is 0 Å². The van der Waals surface area contributed by atoms with Gasteiger partial charge >= 0.3 is 5.97 Å². The summed E-state index contributed by atoms with van der Waals surface area (Å²) in [7, 11) is 0. The summed E-state index contributed by atoms with van der Waals surface area (Å²) in [6, 6.07) is 7.96. The number of hydrogen-bond donors (Lipinski definition) is 1. The Morgan fingerprint density at radius 1 is 1.26 bits per heavy atom. The number of amides is 1. The van der Waals surface area contributed by atoms with Crippen LogP contribution in [-0.4, -0.2) is 62.7 Å². The van der Waals surface area contributed by atoms with Gasteiger partial charge in [0.15, 0.2) is 5.69 Å². The average Bonchev–Trinajstić information content (AvgIpc) is 3.40. The molecule has 0 radical (unpaired) electrons. The van der Waals surface area contributed by atoms with Crippen LogP contribution in [-0.2, 0) is 9.53 Å². The molecule has 2 aromatic rings. The van der Waals surface area contributed by atoms with Crippen molar-refractivity contribution in [2.24, 2.45) is 0 Å². The van der Waals surface area contributed by atoms with E-state index in [1.165, 1.54) is 0 Å². The summed E-state index contributed by atoms with van der Waals surface area (Å²) in [5.74, 6) is -0.844. The van der Waals surface area contributed by atoms with Gasteiger partial charge in [0.05, 0.1) is 30.5 Å². The SMILES string of the molecule is Cc1ccc(-n2nnc(C(=O)N3CCOC(CC(=O)O)C3)c2C2CC2)cc1. The number of aryl methyl sites for hydroxylation is 1. The zero-order valence-electron chi connectivity index (χ0n) is 15.2. The van der Waals surface area contributed by atoms with Crippen molar-refractivity contribution in [3.63, 3.8) is 0 Å². The molecule has 1 N–H and O–H groups in total. The third kappa shape index (κ3) is 3.71. The highest BCUT2D eigenvalue weighted by Crippen LogP contribution is 2.42. The Kier molecular flexibility index (Phi) is 4.65. The summed E-state index contributed by atoms with van der Waals surface area (Å²) in [6.45, 7) is 3.03. The first-order valence-electron chi connectivity index (χ1n) is 9.18. The van der Waals surface area contributed by atoms with E-state index in [0.717, 1.165) is 29.8 Å². The molecule has 1 saturated carbocycles. The summed E-state index contributed by atoms with van der Waals surface area (Å²) >= 11 is 0. The van der Waals surface area contributed by atoms with Crippen molar-refractivity contribution < 1.29 is 19.4 Å². The van der Waals surface area contributed by atoms with Crippen LogP contribution >= 0.6 is 0 Å². The van der Waals surface area contributed by atoms with Gasteiger partial charge in [-0.2, -0.15) is 0 Å². The fourth-order valence-corrected chi connectivity index (χ4v) is 3.41. The number of carboxylic acid groups (broad SMARTS) is 1. The van der Waals surface area contributed by atoms with Gasteiger partial charge in [0, 0.05) is 19.0 Å². The van der Waals surface area contributed by atoms with Gasteiger partial charge in [-0.25, -0.2) is 4.68 Å². The van der Waals surface area contributed by atoms with Crippen LogP contribution in [0.3, 0.4) is 0 Å². The number of aliphatic carboxylic acids is 1. The van der Waals surface area contributed by atoms with Crippen molar-refractivity contribution in [3.8, 4) is 5.69 Å². The standard InChI is InChI=1S/C19H22N4O4/c1-12-2-6-14(7-3-12)23-18(13-4-5-13)17(20-21-23)19(26)22-8-9-27-15(11-22)10-16(24)25/h2-3,6-7,13,15H,4-5,8-11H2,1H3,(H,24,25). The maximum Gasteiger partial charge on any atom is 0.306 e. The molecule has 1 aliphatic carbocycles. The molecule has 0 spiro atoms. The Labute approximate surface area is 156 Å². The molecule has 1 aliphatic heterocycles. The number of carbonyl (C=O) groups is 2. The Morgan fingerprint density at radius 3 is 2.67 bits per heavy atom. The average molecular weight is 370 g/mol. The van der Waals surface area contributed by atoms with Crippen molar-refractivity contribution in [2.75, 3.05) is 19.7 Å². The molecule has 1 aromatic heterocycles. The highest BCUT2D eigenvalue weighted by atomic mass is 16.5. The lowest BCUT2D eigenvalue weighted by Gasteiger charge is -2.32. The highest BCUT2D eigenvalue weighted by Gasteiger charge is 2.37. The van der Waals surface area contributed by atoms with Crippen molar-refractivity contribution in [1.29, 1.82) is 0 Å². The second-order valence-electron chi connectivity index (χ2n) is 7.19. The number of ether oxygens (including phenoxy) is 1. The minimum atomic E-state index is -0.932. The Hall–Kier alpha value is -2.74. The molecule has 1 atom stereocenters. The maximum absolute atomic E-state index is 13.1. The van der Waals surface area contributed by atoms with Crippen LogP contribution in [0.4, 0.5) is 0 Å². The van der Waals surface area contributed by atoms with E-state index in [-0.39, 0.29) is 24.8 Å². The second kappa shape index (κ2) is 7.11. The maximum atomic E-state index is 13.1. The number of benzene rings is 1. The topological polar surface area (TPSA) is 97.5 Å². The van der Waals surface area contributed by atoms with E-state index in [2.05, 4.69) is 10.3 Å². The van der Waals surface area contributed by atoms with Crippen molar-refractivity contribution in [1.82, 2.24) is 19.9 Å². The zero-order valence-corrected chi connectivity index (χ0v) is 15.2. The van der Waals surface area contributed by atoms with Crippen LogP contribution < -0.4 is 0 Å². The molecule has 2 heterocycles. The van der Waals surface area contributed by atoms with Crippen molar-refractivity contribution in [3.05, 3.63) is 41.2 Å². The molecule has 4 rings (SSSR count). The summed E-state index contributed by atoms with van der Waals surface area (Å²) < 4.78 is 7.23. The monoisotopic (exact) mass is 370 g/mol. The van der Waals surface area contributed by atoms with Crippen molar-refractivity contribution >= 4 is 11.9 Å². The lowest BCUT2D eigenvalue weighted by atomic mass is 10.1. The number of carbonyl (C=O) groups excluding carboxylic acids is 1. The van der Waals surface area contributed by atoms with Crippen LogP contribution in [0, 0.1) is 6.92 Å². The first-order valence-corrected chi connectivity index (χ1v) is 9.18. The molecule has 1 unspecified atom stereocenters. The summed E-state index contributed by atoms with van der Waals surface area (Å²) in [5, 5.41) is 17.4. The molecule has 8 nitrogen and oxygen atoms in total. The van der Waals surface area contributed by atoms with E-state index in [4.69, 9.17) is 9.84 Å². The van der Waals surface area contributed by atoms with Crippen LogP contribution in [0.2, 0.25) is 0 Å². The van der Waals surface area contributed by atoms with Gasteiger partial charge < -0.3 is 14.7 Å². The molecule has 142 valence electrons. The summed E-state index contributed by atoms with van der Waals surface area (Å²) in [5.41, 5.74) is 3.26. The van der Waals surface area contributed by atoms with Gasteiger partial charge in [-0.15, -0.1) is 5.10 Å². The summed E-state index contributed by atoms with van der Waals surface area (Å²) in [6.07, 6.45) is 1.43. The molecular weight excluding hydrogens is 348 g/mol. The third-order valence-corrected chi connectivity index (χ3v) is 4.98. The molecule has 1 aromatic carbocycles. The van der Waals surface area contributed by atoms with E-state index in [0.29, 0.717) is 18.8 Å². The van der Waals surface area contributed by atoms with Gasteiger partial charge in [-0.05, 0) is 31.9 Å². The normalized spacial score (nSPS) is 19.9. The summed E-state index contributed by atoms with van der Waals surface area (Å²) in [4.78, 5) is 25.7. The van der Waals surface area contributed by atoms with Crippen LogP contribution in [0.5, 0.6) is 0 Å².